The van der Waals surface area contributed by atoms with Crippen LogP contribution in [0.15, 0.2) is 6.07 Å². The number of hydrogen-bond donors (Lipinski definition) is 1. The zero-order chi connectivity index (χ0) is 17.2. The van der Waals surface area contributed by atoms with Crippen LogP contribution in [0.1, 0.15) is 19.4 Å². The zero-order valence-electron chi connectivity index (χ0n) is 11.7. The third kappa shape index (κ3) is 3.35. The number of hydrogen-bond acceptors (Lipinski definition) is 6. The molecular weight excluding hydrogens is 311 g/mol. The maximum Gasteiger partial charge on any atom is 0.420 e. The van der Waals surface area contributed by atoms with Crippen molar-refractivity contribution in [2.45, 2.75) is 26.1 Å². The van der Waals surface area contributed by atoms with Crippen LogP contribution in [-0.4, -0.2) is 23.0 Å². The molecule has 0 aliphatic carbocycles. The lowest BCUT2D eigenvalue weighted by Crippen LogP contribution is -2.16. The van der Waals surface area contributed by atoms with Crippen LogP contribution in [0.3, 0.4) is 0 Å². The van der Waals surface area contributed by atoms with Crippen molar-refractivity contribution in [1.29, 1.82) is 0 Å². The van der Waals surface area contributed by atoms with E-state index in [9.17, 15) is 33.4 Å². The van der Waals surface area contributed by atoms with Gasteiger partial charge in [0.15, 0.2) is 5.69 Å². The summed E-state index contributed by atoms with van der Waals surface area (Å²) < 4.78 is 43.4. The van der Waals surface area contributed by atoms with Crippen molar-refractivity contribution in [3.05, 3.63) is 31.9 Å². The highest BCUT2D eigenvalue weighted by molar-refractivity contribution is 5.81. The first-order valence-electron chi connectivity index (χ1n) is 5.88. The molecule has 1 aromatic rings. The normalized spacial score (nSPS) is 11.4. The molecule has 0 atom stereocenters. The fourth-order valence-electron chi connectivity index (χ4n) is 1.80. The molecule has 0 radical (unpaired) electrons. The lowest BCUT2D eigenvalue weighted by atomic mass is 10.1. The van der Waals surface area contributed by atoms with Gasteiger partial charge in [0.05, 0.1) is 17.0 Å². The highest BCUT2D eigenvalue weighted by Gasteiger charge is 2.43. The van der Waals surface area contributed by atoms with E-state index >= 15 is 0 Å². The quantitative estimate of drug-likeness (QED) is 0.657. The van der Waals surface area contributed by atoms with E-state index in [-0.39, 0.29) is 6.07 Å². The second-order valence-corrected chi connectivity index (χ2v) is 4.51. The molecule has 1 aromatic carbocycles. The average Bonchev–Trinajstić information content (AvgIpc) is 2.34. The molecule has 0 saturated carbocycles. The minimum atomic E-state index is -5.04. The zero-order valence-corrected chi connectivity index (χ0v) is 11.7. The molecule has 0 bridgehead atoms. The van der Waals surface area contributed by atoms with Gasteiger partial charge in [0, 0.05) is 12.1 Å². The van der Waals surface area contributed by atoms with Crippen molar-refractivity contribution >= 4 is 17.1 Å². The van der Waals surface area contributed by atoms with Gasteiger partial charge in [0.1, 0.15) is 5.56 Å². The number of alkyl halides is 3. The average molecular weight is 323 g/mol. The number of anilines is 1. The number of nitro groups is 2. The first-order chi connectivity index (χ1) is 10.0. The summed E-state index contributed by atoms with van der Waals surface area (Å²) in [5, 5.41) is 24.6. The number of ether oxygens (including phenoxy) is 1. The Labute approximate surface area is 122 Å². The Hall–Kier alpha value is -2.59. The first-order valence-corrected chi connectivity index (χ1v) is 5.88. The van der Waals surface area contributed by atoms with Gasteiger partial charge in [-0.05, 0) is 13.8 Å². The third-order valence-electron chi connectivity index (χ3n) is 2.56. The van der Waals surface area contributed by atoms with E-state index in [1.807, 2.05) is 0 Å². The Morgan fingerprint density at radius 1 is 1.23 bits per heavy atom. The summed E-state index contributed by atoms with van der Waals surface area (Å²) in [6, 6.07) is -0.268. The van der Waals surface area contributed by atoms with Gasteiger partial charge in [0.2, 0.25) is 5.75 Å². The Morgan fingerprint density at radius 2 is 1.77 bits per heavy atom. The Kier molecular flexibility index (Phi) is 4.79. The fourth-order valence-corrected chi connectivity index (χ4v) is 1.80. The molecule has 0 aromatic heterocycles. The van der Waals surface area contributed by atoms with Crippen molar-refractivity contribution in [3.8, 4) is 5.75 Å². The second kappa shape index (κ2) is 6.03. The van der Waals surface area contributed by atoms with E-state index in [1.165, 1.54) is 13.8 Å². The lowest BCUT2D eigenvalue weighted by Gasteiger charge is -2.16. The molecule has 0 spiro atoms. The summed E-state index contributed by atoms with van der Waals surface area (Å²) in [4.78, 5) is 19.9. The van der Waals surface area contributed by atoms with Crippen molar-refractivity contribution in [2.75, 3.05) is 12.4 Å². The van der Waals surface area contributed by atoms with E-state index < -0.39 is 50.4 Å². The van der Waals surface area contributed by atoms with Crippen molar-refractivity contribution in [2.24, 2.45) is 0 Å². The van der Waals surface area contributed by atoms with E-state index in [0.717, 1.165) is 7.11 Å². The number of halogens is 3. The number of nitro benzene ring substituents is 2. The SMILES string of the molecule is COc1c(C(F)(F)F)cc([N+](=O)[O-])c(NC(C)C)c1[N+](=O)[O-]. The monoisotopic (exact) mass is 323 g/mol. The molecule has 0 unspecified atom stereocenters. The number of rotatable bonds is 5. The largest absolute Gasteiger partial charge is 0.490 e. The molecule has 22 heavy (non-hydrogen) atoms. The maximum absolute atomic E-state index is 13.0. The lowest BCUT2D eigenvalue weighted by molar-refractivity contribution is -0.393. The molecule has 0 amide bonds. The van der Waals surface area contributed by atoms with E-state index in [1.54, 1.807) is 0 Å². The van der Waals surface area contributed by atoms with Crippen molar-refractivity contribution < 1.29 is 27.8 Å². The smallest absolute Gasteiger partial charge is 0.420 e. The van der Waals surface area contributed by atoms with Crippen LogP contribution in [0.5, 0.6) is 5.75 Å². The first kappa shape index (κ1) is 17.5. The minimum Gasteiger partial charge on any atom is -0.490 e. The van der Waals surface area contributed by atoms with Crippen LogP contribution in [0.4, 0.5) is 30.2 Å². The van der Waals surface area contributed by atoms with Crippen LogP contribution in [-0.2, 0) is 6.18 Å². The van der Waals surface area contributed by atoms with E-state index in [2.05, 4.69) is 10.1 Å². The van der Waals surface area contributed by atoms with Gasteiger partial charge in [-0.3, -0.25) is 20.2 Å². The molecule has 0 fully saturated rings. The standard InChI is InChI=1S/C11H12F3N3O5/c1-5(2)15-8-7(16(18)19)4-6(11(12,13)14)10(22-3)9(8)17(20)21/h4-5,15H,1-3H3. The molecule has 0 aliphatic heterocycles. The Bertz CT molecular complexity index is 616. The van der Waals surface area contributed by atoms with Gasteiger partial charge in [0.25, 0.3) is 5.69 Å². The highest BCUT2D eigenvalue weighted by Crippen LogP contribution is 2.49. The topological polar surface area (TPSA) is 108 Å². The number of methoxy groups -OCH3 is 1. The fraction of sp³-hybridized carbons (Fsp3) is 0.455. The molecule has 11 heteroatoms. The summed E-state index contributed by atoms with van der Waals surface area (Å²) in [5.41, 5.74) is -4.39. The Morgan fingerprint density at radius 3 is 2.09 bits per heavy atom. The predicted molar refractivity (Wildman–Crippen MR) is 70.1 cm³/mol. The van der Waals surface area contributed by atoms with E-state index in [0.29, 0.717) is 0 Å². The van der Waals surface area contributed by atoms with Crippen molar-refractivity contribution in [1.82, 2.24) is 0 Å². The second-order valence-electron chi connectivity index (χ2n) is 4.51. The third-order valence-corrected chi connectivity index (χ3v) is 2.56. The van der Waals surface area contributed by atoms with Gasteiger partial charge < -0.3 is 10.1 Å². The highest BCUT2D eigenvalue weighted by atomic mass is 19.4. The molecule has 1 N–H and O–H groups in total. The van der Waals surface area contributed by atoms with Crippen LogP contribution >= 0.6 is 0 Å². The van der Waals surface area contributed by atoms with E-state index in [4.69, 9.17) is 0 Å². The van der Waals surface area contributed by atoms with Crippen LogP contribution < -0.4 is 10.1 Å². The number of benzene rings is 1. The van der Waals surface area contributed by atoms with Crippen molar-refractivity contribution in [3.63, 3.8) is 0 Å². The van der Waals surface area contributed by atoms with Gasteiger partial charge in [-0.1, -0.05) is 0 Å². The molecular formula is C11H12F3N3O5. The van der Waals surface area contributed by atoms with Crippen LogP contribution in [0.25, 0.3) is 0 Å². The molecule has 0 saturated heterocycles. The van der Waals surface area contributed by atoms with Gasteiger partial charge in [-0.25, -0.2) is 0 Å². The summed E-state index contributed by atoms with van der Waals surface area (Å²) in [6.45, 7) is 3.05. The molecule has 122 valence electrons. The summed E-state index contributed by atoms with van der Waals surface area (Å²) in [7, 11) is 0.822. The van der Waals surface area contributed by atoms with Gasteiger partial charge in [-0.15, -0.1) is 0 Å². The summed E-state index contributed by atoms with van der Waals surface area (Å²) in [5.74, 6) is -1.08. The molecule has 0 heterocycles. The van der Waals surface area contributed by atoms with Crippen LogP contribution in [0.2, 0.25) is 0 Å². The predicted octanol–water partition coefficient (Wildman–Crippen LogP) is 3.35. The van der Waals surface area contributed by atoms with Gasteiger partial charge >= 0.3 is 11.9 Å². The molecule has 8 nitrogen and oxygen atoms in total. The number of nitrogens with one attached hydrogen (secondary N) is 1. The summed E-state index contributed by atoms with van der Waals surface area (Å²) >= 11 is 0. The Balaban J connectivity index is 3.90. The summed E-state index contributed by atoms with van der Waals surface area (Å²) in [6.07, 6.45) is -5.04. The van der Waals surface area contributed by atoms with Crippen LogP contribution in [0, 0.1) is 20.2 Å². The minimum absolute atomic E-state index is 0.219. The number of nitrogens with zero attached hydrogens (tertiary/aromatic N) is 2. The van der Waals surface area contributed by atoms with Gasteiger partial charge in [-0.2, -0.15) is 13.2 Å². The molecule has 0 aliphatic rings. The maximum atomic E-state index is 13.0. The molecule has 1 rings (SSSR count).